The molecular formula is C9H9NO3. The molecule has 4 heteroatoms. The zero-order valence-electron chi connectivity index (χ0n) is 7.19. The maximum atomic E-state index is 10.9. The molecule has 0 atom stereocenters. The van der Waals surface area contributed by atoms with E-state index in [1.54, 1.807) is 19.1 Å². The maximum Gasteiger partial charge on any atom is 0.310 e. The lowest BCUT2D eigenvalue weighted by molar-refractivity contribution is -0.133. The normalized spacial score (nSPS) is 9.31. The monoisotopic (exact) mass is 179 g/mol. The summed E-state index contributed by atoms with van der Waals surface area (Å²) < 4.78 is 4.85. The van der Waals surface area contributed by atoms with Crippen molar-refractivity contribution in [3.05, 3.63) is 29.2 Å². The molecule has 1 aromatic carbocycles. The van der Waals surface area contributed by atoms with Crippen molar-refractivity contribution in [3.63, 3.8) is 0 Å². The number of hydrogen-bond donors (Lipinski definition) is 0. The van der Waals surface area contributed by atoms with Gasteiger partial charge in [-0.1, -0.05) is 19.1 Å². The van der Waals surface area contributed by atoms with E-state index >= 15 is 0 Å². The summed E-state index contributed by atoms with van der Waals surface area (Å²) in [5.74, 6) is -0.166. The van der Waals surface area contributed by atoms with Crippen LogP contribution in [0.25, 0.3) is 0 Å². The Hall–Kier alpha value is -1.71. The summed E-state index contributed by atoms with van der Waals surface area (Å²) in [6.07, 6.45) is 0.271. The molecule has 0 aliphatic carbocycles. The Morgan fingerprint density at radius 3 is 2.77 bits per heavy atom. The number of nitrogens with zero attached hydrogens (tertiary/aromatic N) is 1. The Balaban J connectivity index is 2.87. The second-order valence-corrected chi connectivity index (χ2v) is 2.39. The van der Waals surface area contributed by atoms with Crippen molar-refractivity contribution in [1.29, 1.82) is 0 Å². The molecule has 4 nitrogen and oxygen atoms in total. The Bertz CT molecular complexity index is 322. The zero-order valence-corrected chi connectivity index (χ0v) is 7.19. The van der Waals surface area contributed by atoms with E-state index in [0.717, 1.165) is 0 Å². The third-order valence-electron chi connectivity index (χ3n) is 1.48. The van der Waals surface area contributed by atoms with Crippen LogP contribution in [0.5, 0.6) is 5.75 Å². The molecule has 0 fully saturated rings. The molecule has 0 N–H and O–H groups in total. The van der Waals surface area contributed by atoms with E-state index in [9.17, 15) is 9.70 Å². The third kappa shape index (κ3) is 2.37. The van der Waals surface area contributed by atoms with Crippen molar-refractivity contribution < 1.29 is 9.53 Å². The van der Waals surface area contributed by atoms with Crippen molar-refractivity contribution in [2.75, 3.05) is 0 Å². The first-order chi connectivity index (χ1) is 6.27. The number of ether oxygens (including phenoxy) is 1. The molecule has 0 bridgehead atoms. The predicted octanol–water partition coefficient (Wildman–Crippen LogP) is 2.40. The molecule has 0 unspecified atom stereocenters. The summed E-state index contributed by atoms with van der Waals surface area (Å²) in [4.78, 5) is 21.1. The van der Waals surface area contributed by atoms with E-state index < -0.39 is 0 Å². The molecule has 0 amide bonds. The quantitative estimate of drug-likeness (QED) is 0.406. The summed E-state index contributed by atoms with van der Waals surface area (Å²) in [7, 11) is 0. The van der Waals surface area contributed by atoms with Gasteiger partial charge in [-0.15, -0.1) is 4.91 Å². The van der Waals surface area contributed by atoms with Crippen molar-refractivity contribution in [3.8, 4) is 5.75 Å². The van der Waals surface area contributed by atoms with Crippen molar-refractivity contribution in [2.45, 2.75) is 13.3 Å². The summed E-state index contributed by atoms with van der Waals surface area (Å²) in [6, 6.07) is 6.35. The van der Waals surface area contributed by atoms with Gasteiger partial charge < -0.3 is 4.74 Å². The van der Waals surface area contributed by atoms with E-state index in [2.05, 4.69) is 5.18 Å². The minimum Gasteiger partial charge on any atom is -0.424 e. The number of para-hydroxylation sites is 1. The molecule has 0 spiro atoms. The molecule has 0 heterocycles. The Labute approximate surface area is 75.5 Å². The highest BCUT2D eigenvalue weighted by Gasteiger charge is 2.06. The first kappa shape index (κ1) is 9.38. The van der Waals surface area contributed by atoms with E-state index in [1.165, 1.54) is 12.1 Å². The van der Waals surface area contributed by atoms with Gasteiger partial charge in [0.1, 0.15) is 0 Å². The lowest BCUT2D eigenvalue weighted by Gasteiger charge is -2.02. The zero-order chi connectivity index (χ0) is 9.68. The molecule has 1 aromatic rings. The van der Waals surface area contributed by atoms with Crippen LogP contribution >= 0.6 is 0 Å². The SMILES string of the molecule is CCC(=O)Oc1ccccc1N=O. The molecule has 0 aliphatic heterocycles. The molecule has 0 aromatic heterocycles. The average molecular weight is 179 g/mol. The highest BCUT2D eigenvalue weighted by molar-refractivity contribution is 5.73. The van der Waals surface area contributed by atoms with Gasteiger partial charge >= 0.3 is 5.97 Å². The molecule has 0 saturated carbocycles. The minimum atomic E-state index is -0.379. The first-order valence-corrected chi connectivity index (χ1v) is 3.91. The number of nitroso groups, excluding NO2 is 1. The number of hydrogen-bond acceptors (Lipinski definition) is 4. The second kappa shape index (κ2) is 4.35. The fourth-order valence-corrected chi connectivity index (χ4v) is 0.814. The van der Waals surface area contributed by atoms with Crippen LogP contribution < -0.4 is 4.74 Å². The number of rotatable bonds is 3. The molecular weight excluding hydrogens is 170 g/mol. The number of carbonyl (C=O) groups is 1. The van der Waals surface area contributed by atoms with Gasteiger partial charge in [-0.3, -0.25) is 4.79 Å². The van der Waals surface area contributed by atoms with Gasteiger partial charge in [0.2, 0.25) is 0 Å². The van der Waals surface area contributed by atoms with Gasteiger partial charge in [-0.2, -0.15) is 0 Å². The predicted molar refractivity (Wildman–Crippen MR) is 47.8 cm³/mol. The highest BCUT2D eigenvalue weighted by atomic mass is 16.5. The summed E-state index contributed by atoms with van der Waals surface area (Å²) in [5.41, 5.74) is 0.143. The van der Waals surface area contributed by atoms with E-state index in [-0.39, 0.29) is 23.8 Å². The fraction of sp³-hybridized carbons (Fsp3) is 0.222. The van der Waals surface area contributed by atoms with Crippen LogP contribution in [0.1, 0.15) is 13.3 Å². The second-order valence-electron chi connectivity index (χ2n) is 2.39. The fourth-order valence-electron chi connectivity index (χ4n) is 0.814. The highest BCUT2D eigenvalue weighted by Crippen LogP contribution is 2.26. The van der Waals surface area contributed by atoms with Crippen molar-refractivity contribution in [1.82, 2.24) is 0 Å². The van der Waals surface area contributed by atoms with Gasteiger partial charge in [0.25, 0.3) is 0 Å². The third-order valence-corrected chi connectivity index (χ3v) is 1.48. The van der Waals surface area contributed by atoms with Crippen LogP contribution in [0.4, 0.5) is 5.69 Å². The number of carbonyl (C=O) groups excluding carboxylic acids is 1. The van der Waals surface area contributed by atoms with E-state index in [0.29, 0.717) is 0 Å². The smallest absolute Gasteiger partial charge is 0.310 e. The van der Waals surface area contributed by atoms with Gasteiger partial charge in [0.15, 0.2) is 11.4 Å². The summed E-state index contributed by atoms with van der Waals surface area (Å²) >= 11 is 0. The lowest BCUT2D eigenvalue weighted by Crippen LogP contribution is -2.05. The van der Waals surface area contributed by atoms with Gasteiger partial charge in [-0.05, 0) is 17.3 Å². The van der Waals surface area contributed by atoms with Crippen LogP contribution in [0, 0.1) is 4.91 Å². The van der Waals surface area contributed by atoms with Crippen molar-refractivity contribution >= 4 is 11.7 Å². The molecule has 0 aliphatic rings. The van der Waals surface area contributed by atoms with E-state index in [1.807, 2.05) is 0 Å². The minimum absolute atomic E-state index is 0.143. The Morgan fingerprint density at radius 2 is 2.15 bits per heavy atom. The van der Waals surface area contributed by atoms with E-state index in [4.69, 9.17) is 4.74 Å². The number of esters is 1. The molecule has 0 radical (unpaired) electrons. The Kier molecular flexibility index (Phi) is 3.14. The first-order valence-electron chi connectivity index (χ1n) is 3.91. The van der Waals surface area contributed by atoms with Crippen molar-refractivity contribution in [2.24, 2.45) is 5.18 Å². The van der Waals surface area contributed by atoms with Gasteiger partial charge in [0, 0.05) is 6.42 Å². The molecule has 13 heavy (non-hydrogen) atoms. The van der Waals surface area contributed by atoms with Gasteiger partial charge in [-0.25, -0.2) is 0 Å². The largest absolute Gasteiger partial charge is 0.424 e. The van der Waals surface area contributed by atoms with Crippen LogP contribution in [0.3, 0.4) is 0 Å². The Morgan fingerprint density at radius 1 is 1.46 bits per heavy atom. The topological polar surface area (TPSA) is 55.7 Å². The average Bonchev–Trinajstić information content (AvgIpc) is 2.18. The van der Waals surface area contributed by atoms with Crippen LogP contribution in [0.15, 0.2) is 29.4 Å². The van der Waals surface area contributed by atoms with Crippen LogP contribution in [-0.2, 0) is 4.79 Å². The lowest BCUT2D eigenvalue weighted by atomic mass is 10.3. The van der Waals surface area contributed by atoms with Crippen LogP contribution in [-0.4, -0.2) is 5.97 Å². The standard InChI is InChI=1S/C9H9NO3/c1-2-9(11)13-8-6-4-3-5-7(8)10-12/h3-6H,2H2,1H3. The van der Waals surface area contributed by atoms with Gasteiger partial charge in [0.05, 0.1) is 0 Å². The van der Waals surface area contributed by atoms with Crippen LogP contribution in [0.2, 0.25) is 0 Å². The summed E-state index contributed by atoms with van der Waals surface area (Å²) in [5, 5.41) is 2.73. The summed E-state index contributed by atoms with van der Waals surface area (Å²) in [6.45, 7) is 1.68. The number of benzene rings is 1. The molecule has 0 saturated heterocycles. The maximum absolute atomic E-state index is 10.9. The molecule has 68 valence electrons. The molecule has 1 rings (SSSR count).